The molecule has 2 N–H and O–H groups in total. The summed E-state index contributed by atoms with van der Waals surface area (Å²) in [6, 6.07) is 11.1. The number of ether oxygens (including phenoxy) is 1. The van der Waals surface area contributed by atoms with Crippen LogP contribution in [-0.2, 0) is 11.3 Å². The van der Waals surface area contributed by atoms with E-state index in [2.05, 4.69) is 15.6 Å². The maximum Gasteiger partial charge on any atom is 0.255 e. The van der Waals surface area contributed by atoms with Gasteiger partial charge in [-0.1, -0.05) is 18.2 Å². The number of aryl methyl sites for hydroxylation is 1. The minimum Gasteiger partial charge on any atom is -0.380 e. The van der Waals surface area contributed by atoms with Crippen molar-refractivity contribution in [3.8, 4) is 0 Å². The summed E-state index contributed by atoms with van der Waals surface area (Å²) < 4.78 is 5.14. The topological polar surface area (TPSA) is 63.2 Å². The minimum atomic E-state index is -0.166. The van der Waals surface area contributed by atoms with Gasteiger partial charge in [0.15, 0.2) is 0 Å². The van der Waals surface area contributed by atoms with E-state index in [-0.39, 0.29) is 5.91 Å². The molecule has 5 heteroatoms. The lowest BCUT2D eigenvalue weighted by atomic mass is 10.1. The van der Waals surface area contributed by atoms with Crippen molar-refractivity contribution >= 4 is 17.4 Å². The number of hydrogen-bond acceptors (Lipinski definition) is 4. The number of nitrogens with zero attached hydrogens (tertiary/aromatic N) is 1. The average molecular weight is 285 g/mol. The fraction of sp³-hybridized carbons (Fsp3) is 0.250. The predicted octanol–water partition coefficient (Wildman–Crippen LogP) is 2.83. The van der Waals surface area contributed by atoms with E-state index in [1.165, 1.54) is 0 Å². The largest absolute Gasteiger partial charge is 0.380 e. The first kappa shape index (κ1) is 15.0. The molecule has 0 aliphatic rings. The van der Waals surface area contributed by atoms with Crippen molar-refractivity contribution in [1.82, 2.24) is 4.98 Å². The number of anilines is 2. The Morgan fingerprint density at radius 1 is 1.29 bits per heavy atom. The van der Waals surface area contributed by atoms with Gasteiger partial charge in [0.1, 0.15) is 5.82 Å². The molecule has 0 unspecified atom stereocenters. The number of hydrogen-bond donors (Lipinski definition) is 2. The van der Waals surface area contributed by atoms with Gasteiger partial charge in [0.2, 0.25) is 0 Å². The molecule has 0 saturated carbocycles. The maximum atomic E-state index is 12.4. The van der Waals surface area contributed by atoms with Crippen molar-refractivity contribution in [2.75, 3.05) is 24.8 Å². The Bertz CT molecular complexity index is 641. The molecule has 0 bridgehead atoms. The summed E-state index contributed by atoms with van der Waals surface area (Å²) in [5, 5.41) is 5.86. The van der Waals surface area contributed by atoms with Crippen molar-refractivity contribution in [1.29, 1.82) is 0 Å². The van der Waals surface area contributed by atoms with E-state index in [1.54, 1.807) is 26.3 Å². The highest BCUT2D eigenvalue weighted by Gasteiger charge is 2.10. The van der Waals surface area contributed by atoms with E-state index in [4.69, 9.17) is 4.74 Å². The smallest absolute Gasteiger partial charge is 0.255 e. The Hall–Kier alpha value is -2.40. The molecule has 1 amide bonds. The first-order chi connectivity index (χ1) is 10.1. The van der Waals surface area contributed by atoms with Crippen LogP contribution < -0.4 is 10.6 Å². The summed E-state index contributed by atoms with van der Waals surface area (Å²) in [6.07, 6.45) is 0. The number of pyridine rings is 1. The van der Waals surface area contributed by atoms with Gasteiger partial charge in [0.25, 0.3) is 5.91 Å². The monoisotopic (exact) mass is 285 g/mol. The summed E-state index contributed by atoms with van der Waals surface area (Å²) in [5.74, 6) is 0.505. The number of carbonyl (C=O) groups excluding carboxylic acids is 1. The molecular weight excluding hydrogens is 266 g/mol. The Labute approximate surface area is 124 Å². The summed E-state index contributed by atoms with van der Waals surface area (Å²) in [5.41, 5.74) is 3.05. The van der Waals surface area contributed by atoms with Crippen LogP contribution in [0, 0.1) is 6.92 Å². The van der Waals surface area contributed by atoms with Gasteiger partial charge in [-0.05, 0) is 25.1 Å². The molecule has 1 aromatic carbocycles. The van der Waals surface area contributed by atoms with E-state index >= 15 is 0 Å². The van der Waals surface area contributed by atoms with Crippen LogP contribution in [0.1, 0.15) is 21.6 Å². The Morgan fingerprint density at radius 2 is 2.05 bits per heavy atom. The number of carbonyl (C=O) groups is 1. The van der Waals surface area contributed by atoms with Gasteiger partial charge in [-0.3, -0.25) is 4.79 Å². The van der Waals surface area contributed by atoms with E-state index in [9.17, 15) is 4.79 Å². The van der Waals surface area contributed by atoms with Gasteiger partial charge in [-0.15, -0.1) is 0 Å². The number of para-hydroxylation sites is 1. The molecule has 1 heterocycles. The molecule has 0 aliphatic carbocycles. The average Bonchev–Trinajstić information content (AvgIpc) is 2.48. The minimum absolute atomic E-state index is 0.166. The van der Waals surface area contributed by atoms with Crippen molar-refractivity contribution in [3.63, 3.8) is 0 Å². The van der Waals surface area contributed by atoms with Crippen LogP contribution in [0.5, 0.6) is 0 Å². The van der Waals surface area contributed by atoms with Crippen molar-refractivity contribution in [2.45, 2.75) is 13.5 Å². The SMILES string of the molecule is CNc1cc(C(=O)Nc2ccccc2COC)cc(C)n1. The fourth-order valence-electron chi connectivity index (χ4n) is 2.05. The molecule has 21 heavy (non-hydrogen) atoms. The van der Waals surface area contributed by atoms with E-state index < -0.39 is 0 Å². The number of nitrogens with one attached hydrogen (secondary N) is 2. The van der Waals surface area contributed by atoms with Crippen molar-refractivity contribution in [2.24, 2.45) is 0 Å². The second-order valence-corrected chi connectivity index (χ2v) is 4.68. The zero-order valence-electron chi connectivity index (χ0n) is 12.4. The van der Waals surface area contributed by atoms with Gasteiger partial charge in [0.05, 0.1) is 6.61 Å². The zero-order chi connectivity index (χ0) is 15.2. The molecule has 0 aliphatic heterocycles. The fourth-order valence-corrected chi connectivity index (χ4v) is 2.05. The summed E-state index contributed by atoms with van der Waals surface area (Å²) in [4.78, 5) is 16.7. The van der Waals surface area contributed by atoms with Gasteiger partial charge in [-0.25, -0.2) is 4.98 Å². The highest BCUT2D eigenvalue weighted by molar-refractivity contribution is 6.05. The molecule has 110 valence electrons. The standard InChI is InChI=1S/C16H19N3O2/c1-11-8-13(9-15(17-2)18-11)16(20)19-14-7-5-4-6-12(14)10-21-3/h4-9H,10H2,1-3H3,(H,17,18)(H,19,20). The normalized spacial score (nSPS) is 10.2. The number of rotatable bonds is 5. The van der Waals surface area contributed by atoms with Crippen LogP contribution in [0.25, 0.3) is 0 Å². The first-order valence-electron chi connectivity index (χ1n) is 6.68. The van der Waals surface area contributed by atoms with E-state index in [0.29, 0.717) is 18.0 Å². The third-order valence-electron chi connectivity index (χ3n) is 3.04. The van der Waals surface area contributed by atoms with Gasteiger partial charge in [0, 0.05) is 36.7 Å². The first-order valence-corrected chi connectivity index (χ1v) is 6.68. The molecule has 2 aromatic rings. The highest BCUT2D eigenvalue weighted by atomic mass is 16.5. The molecule has 0 spiro atoms. The summed E-state index contributed by atoms with van der Waals surface area (Å²) in [7, 11) is 3.40. The van der Waals surface area contributed by atoms with Crippen LogP contribution in [0.3, 0.4) is 0 Å². The van der Waals surface area contributed by atoms with E-state index in [1.807, 2.05) is 31.2 Å². The molecule has 0 saturated heterocycles. The molecule has 1 aromatic heterocycles. The Morgan fingerprint density at radius 3 is 2.76 bits per heavy atom. The second kappa shape index (κ2) is 6.85. The van der Waals surface area contributed by atoms with E-state index in [0.717, 1.165) is 16.9 Å². The van der Waals surface area contributed by atoms with Crippen LogP contribution in [0.15, 0.2) is 36.4 Å². The summed E-state index contributed by atoms with van der Waals surface area (Å²) >= 11 is 0. The lowest BCUT2D eigenvalue weighted by molar-refractivity contribution is 0.102. The number of methoxy groups -OCH3 is 1. The number of aromatic nitrogens is 1. The van der Waals surface area contributed by atoms with Gasteiger partial charge in [-0.2, -0.15) is 0 Å². The van der Waals surface area contributed by atoms with Crippen LogP contribution in [-0.4, -0.2) is 25.0 Å². The highest BCUT2D eigenvalue weighted by Crippen LogP contribution is 2.18. The van der Waals surface area contributed by atoms with Gasteiger partial charge < -0.3 is 15.4 Å². The molecule has 0 radical (unpaired) electrons. The lowest BCUT2D eigenvalue weighted by Crippen LogP contribution is -2.14. The Kier molecular flexibility index (Phi) is 4.90. The quantitative estimate of drug-likeness (QED) is 0.886. The second-order valence-electron chi connectivity index (χ2n) is 4.68. The van der Waals surface area contributed by atoms with Crippen molar-refractivity contribution < 1.29 is 9.53 Å². The molecule has 5 nitrogen and oxygen atoms in total. The third-order valence-corrected chi connectivity index (χ3v) is 3.04. The van der Waals surface area contributed by atoms with Gasteiger partial charge >= 0.3 is 0 Å². The Balaban J connectivity index is 2.24. The lowest BCUT2D eigenvalue weighted by Gasteiger charge is -2.11. The molecule has 0 fully saturated rings. The van der Waals surface area contributed by atoms with Crippen LogP contribution >= 0.6 is 0 Å². The third kappa shape index (κ3) is 3.79. The number of benzene rings is 1. The van der Waals surface area contributed by atoms with Crippen molar-refractivity contribution in [3.05, 3.63) is 53.2 Å². The summed E-state index contributed by atoms with van der Waals surface area (Å²) in [6.45, 7) is 2.31. The van der Waals surface area contributed by atoms with Crippen LogP contribution in [0.4, 0.5) is 11.5 Å². The van der Waals surface area contributed by atoms with Crippen LogP contribution in [0.2, 0.25) is 0 Å². The predicted molar refractivity (Wildman–Crippen MR) is 83.6 cm³/mol. The maximum absolute atomic E-state index is 12.4. The zero-order valence-corrected chi connectivity index (χ0v) is 12.4. The molecular formula is C16H19N3O2. The number of amides is 1. The molecule has 0 atom stereocenters. The molecule has 2 rings (SSSR count).